The van der Waals surface area contributed by atoms with Gasteiger partial charge >= 0.3 is 39.9 Å². The smallest absolute Gasteiger partial charge is 0.549 e. The van der Waals surface area contributed by atoms with Crippen molar-refractivity contribution < 1.29 is 74.8 Å². The van der Waals surface area contributed by atoms with Crippen molar-refractivity contribution in [2.75, 3.05) is 98.2 Å². The molecule has 0 spiro atoms. The van der Waals surface area contributed by atoms with Crippen molar-refractivity contribution in [1.82, 2.24) is 24.5 Å². The van der Waals surface area contributed by atoms with Crippen LogP contribution in [-0.2, 0) is 14.4 Å². The summed E-state index contributed by atoms with van der Waals surface area (Å²) in [7, 11) is 0. The van der Waals surface area contributed by atoms with E-state index in [-0.39, 0.29) is 72.7 Å². The van der Waals surface area contributed by atoms with Gasteiger partial charge in [-0.15, -0.1) is 0 Å². The van der Waals surface area contributed by atoms with Crippen LogP contribution in [0.3, 0.4) is 0 Å². The van der Waals surface area contributed by atoms with E-state index < -0.39 is 24.0 Å². The molecule has 0 saturated carbocycles. The standard InChI is InChI=1S/C33H65N5O7.Gd/c1-3-5-7-9-11-13-15-34(16-14-12-10-8-6-4-2)25-30(39)26-35-17-19-36(27-31(40)41)21-23-38(29-33(44)45)24-22-37(20-18-35)28-32(42)43;/h30,39H,3-29H2,1-2H3,(H,40,41)(H,42,43)(H,44,45);/q;+3/p-3. The molecule has 269 valence electrons. The molecule has 1 atom stereocenters. The summed E-state index contributed by atoms with van der Waals surface area (Å²) in [6.45, 7) is 9.32. The number of carbonyl (C=O) groups is 3. The number of hydrogen-bond acceptors (Lipinski definition) is 12. The predicted octanol–water partition coefficient (Wildman–Crippen LogP) is -1.16. The third-order valence-corrected chi connectivity index (χ3v) is 8.58. The molecule has 0 amide bonds. The van der Waals surface area contributed by atoms with Crippen LogP contribution in [0, 0.1) is 39.9 Å². The number of aliphatic hydroxyl groups excluding tert-OH is 1. The molecule has 1 saturated heterocycles. The van der Waals surface area contributed by atoms with Crippen molar-refractivity contribution >= 4 is 17.9 Å². The van der Waals surface area contributed by atoms with E-state index >= 15 is 0 Å². The van der Waals surface area contributed by atoms with E-state index in [9.17, 15) is 34.8 Å². The largest absolute Gasteiger partial charge is 3.00 e. The molecule has 1 fully saturated rings. The number of carboxylic acids is 3. The monoisotopic (exact) mass is 798 g/mol. The zero-order chi connectivity index (χ0) is 33.3. The number of nitrogens with zero attached hydrogens (tertiary/aromatic N) is 5. The van der Waals surface area contributed by atoms with Crippen molar-refractivity contribution in [2.45, 2.75) is 97.0 Å². The van der Waals surface area contributed by atoms with Crippen molar-refractivity contribution in [1.29, 1.82) is 0 Å². The van der Waals surface area contributed by atoms with Gasteiger partial charge in [-0.3, -0.25) is 19.6 Å². The maximum atomic E-state index is 11.4. The number of hydrogen-bond donors (Lipinski definition) is 1. The molecule has 0 aromatic rings. The van der Waals surface area contributed by atoms with E-state index in [0.29, 0.717) is 52.4 Å². The molecule has 0 aromatic carbocycles. The summed E-state index contributed by atoms with van der Waals surface area (Å²) in [5.74, 6) is -3.66. The second kappa shape index (κ2) is 29.4. The first-order valence-electron chi connectivity index (χ1n) is 17.5. The van der Waals surface area contributed by atoms with E-state index in [2.05, 4.69) is 23.6 Å². The van der Waals surface area contributed by atoms with Gasteiger partial charge in [0, 0.05) is 85.1 Å². The van der Waals surface area contributed by atoms with Crippen LogP contribution in [0.25, 0.3) is 0 Å². The molecule has 1 aliphatic rings. The number of rotatable bonds is 24. The maximum absolute atomic E-state index is 11.4. The Bertz CT molecular complexity index is 749. The Balaban J connectivity index is 0.0000202. The van der Waals surface area contributed by atoms with Crippen LogP contribution < -0.4 is 15.3 Å². The zero-order valence-corrected chi connectivity index (χ0v) is 30.9. The molecule has 1 unspecified atom stereocenters. The minimum Gasteiger partial charge on any atom is -0.549 e. The SMILES string of the molecule is CCCCCCCCN(CCCCCCCC)CC(O)CN1CCN(CC(=O)[O-])CCN(CC(=O)[O-])CCN(CC(=O)[O-])CC1.[Gd+3]. The average Bonchev–Trinajstić information content (AvgIpc) is 2.97. The van der Waals surface area contributed by atoms with Gasteiger partial charge in [0.1, 0.15) is 0 Å². The van der Waals surface area contributed by atoms with Gasteiger partial charge in [0.2, 0.25) is 0 Å². The molecular weight excluding hydrogens is 736 g/mol. The topological polar surface area (TPSA) is 157 Å². The number of β-amino-alcohol motifs (C(OH)–C–C–N with tert-alkyl or cyclic N) is 1. The predicted molar refractivity (Wildman–Crippen MR) is 170 cm³/mol. The molecule has 0 bridgehead atoms. The van der Waals surface area contributed by atoms with Crippen molar-refractivity contribution in [2.24, 2.45) is 0 Å². The first kappa shape index (κ1) is 45.5. The molecule has 13 heteroatoms. The van der Waals surface area contributed by atoms with Crippen LogP contribution in [0.1, 0.15) is 90.9 Å². The average molecular weight is 798 g/mol. The second-order valence-corrected chi connectivity index (χ2v) is 12.7. The first-order chi connectivity index (χ1) is 21.6. The van der Waals surface area contributed by atoms with Crippen LogP contribution in [0.5, 0.6) is 0 Å². The molecule has 46 heavy (non-hydrogen) atoms. The fourth-order valence-corrected chi connectivity index (χ4v) is 5.96. The third-order valence-electron chi connectivity index (χ3n) is 8.58. The molecular formula is C33H62GdN5O7. The quantitative estimate of drug-likeness (QED) is 0.117. The minimum absolute atomic E-state index is 0. The van der Waals surface area contributed by atoms with Gasteiger partial charge < -0.3 is 39.7 Å². The third kappa shape index (κ3) is 25.5. The Labute approximate surface area is 310 Å². The Morgan fingerprint density at radius 3 is 1.20 bits per heavy atom. The Kier molecular flexibility index (Phi) is 29.1. The number of carboxylic acid groups (broad SMARTS) is 3. The van der Waals surface area contributed by atoms with E-state index in [4.69, 9.17) is 0 Å². The minimum atomic E-state index is -1.25. The molecule has 1 rings (SSSR count). The summed E-state index contributed by atoms with van der Waals surface area (Å²) in [5.41, 5.74) is 0. The van der Waals surface area contributed by atoms with E-state index in [1.54, 1.807) is 14.7 Å². The zero-order valence-electron chi connectivity index (χ0n) is 28.7. The summed E-state index contributed by atoms with van der Waals surface area (Å²) in [6, 6.07) is 0. The molecule has 1 N–H and O–H groups in total. The Morgan fingerprint density at radius 2 is 0.870 bits per heavy atom. The van der Waals surface area contributed by atoms with Crippen LogP contribution in [0.15, 0.2) is 0 Å². The summed E-state index contributed by atoms with van der Waals surface area (Å²) in [6.07, 6.45) is 14.0. The Morgan fingerprint density at radius 1 is 0.565 bits per heavy atom. The van der Waals surface area contributed by atoms with Gasteiger partial charge in [-0.1, -0.05) is 78.1 Å². The summed E-state index contributed by atoms with van der Waals surface area (Å²) >= 11 is 0. The van der Waals surface area contributed by atoms with Gasteiger partial charge in [-0.05, 0) is 25.9 Å². The number of aliphatic hydroxyl groups is 1. The van der Waals surface area contributed by atoms with Gasteiger partial charge in [0.25, 0.3) is 0 Å². The van der Waals surface area contributed by atoms with E-state index in [1.165, 1.54) is 64.2 Å². The molecule has 12 nitrogen and oxygen atoms in total. The molecule has 0 aromatic heterocycles. The van der Waals surface area contributed by atoms with Crippen LogP contribution in [0.4, 0.5) is 0 Å². The fourth-order valence-electron chi connectivity index (χ4n) is 5.96. The molecule has 0 aliphatic carbocycles. The van der Waals surface area contributed by atoms with Crippen LogP contribution >= 0.6 is 0 Å². The number of carbonyl (C=O) groups excluding carboxylic acids is 3. The van der Waals surface area contributed by atoms with Crippen molar-refractivity contribution in [3.05, 3.63) is 0 Å². The van der Waals surface area contributed by atoms with Gasteiger partial charge in [-0.2, -0.15) is 0 Å². The van der Waals surface area contributed by atoms with Gasteiger partial charge in [0.15, 0.2) is 0 Å². The van der Waals surface area contributed by atoms with E-state index in [1.807, 2.05) is 0 Å². The summed E-state index contributed by atoms with van der Waals surface area (Å²) in [4.78, 5) is 43.7. The number of aliphatic carboxylic acids is 3. The molecule has 1 radical (unpaired) electrons. The van der Waals surface area contributed by atoms with Crippen LogP contribution in [0.2, 0.25) is 0 Å². The normalized spacial score (nSPS) is 17.2. The van der Waals surface area contributed by atoms with Crippen molar-refractivity contribution in [3.8, 4) is 0 Å². The first-order valence-corrected chi connectivity index (χ1v) is 17.5. The van der Waals surface area contributed by atoms with Crippen LogP contribution in [-0.4, -0.2) is 152 Å². The van der Waals surface area contributed by atoms with E-state index in [0.717, 1.165) is 25.9 Å². The fraction of sp³-hybridized carbons (Fsp3) is 0.909. The Hall–Kier alpha value is -0.505. The second-order valence-electron chi connectivity index (χ2n) is 12.7. The van der Waals surface area contributed by atoms with Gasteiger partial charge in [-0.25, -0.2) is 0 Å². The van der Waals surface area contributed by atoms with Gasteiger partial charge in [0.05, 0.1) is 24.0 Å². The number of unbranched alkanes of at least 4 members (excludes halogenated alkanes) is 10. The molecule has 1 aliphatic heterocycles. The summed E-state index contributed by atoms with van der Waals surface area (Å²) in [5, 5.41) is 45.4. The van der Waals surface area contributed by atoms with Crippen molar-refractivity contribution in [3.63, 3.8) is 0 Å². The summed E-state index contributed by atoms with van der Waals surface area (Å²) < 4.78 is 0. The molecule has 1 heterocycles. The maximum Gasteiger partial charge on any atom is 3.00 e.